The predicted octanol–water partition coefficient (Wildman–Crippen LogP) is 4.27. The highest BCUT2D eigenvalue weighted by Crippen LogP contribution is 2.36. The van der Waals surface area contributed by atoms with Crippen LogP contribution < -0.4 is 5.32 Å². The van der Waals surface area contributed by atoms with Crippen LogP contribution in [0.3, 0.4) is 0 Å². The van der Waals surface area contributed by atoms with Crippen molar-refractivity contribution in [2.75, 3.05) is 19.7 Å². The standard InChI is InChI=1S/C25H32N2O3S/c1-18(2)26-24(29)25(12-13-27(17-25)23(28)21-6-3-4-14-30-21)16-19-8-10-20(11-9-19)22-7-5-15-31-22/h5,7-11,15,18,21H,3-4,6,12-14,16-17H2,1-2H3,(H,26,29)/t21-,25+/m1/s1. The monoisotopic (exact) mass is 440 g/mol. The summed E-state index contributed by atoms with van der Waals surface area (Å²) in [7, 11) is 0. The molecule has 4 rings (SSSR count). The molecule has 5 nitrogen and oxygen atoms in total. The maximum absolute atomic E-state index is 13.3. The van der Waals surface area contributed by atoms with Crippen molar-refractivity contribution in [3.05, 3.63) is 47.3 Å². The fraction of sp³-hybridized carbons (Fsp3) is 0.520. The quantitative estimate of drug-likeness (QED) is 0.730. The summed E-state index contributed by atoms with van der Waals surface area (Å²) in [6.07, 6.45) is 3.79. The minimum Gasteiger partial charge on any atom is -0.368 e. The summed E-state index contributed by atoms with van der Waals surface area (Å²) < 4.78 is 5.72. The molecule has 166 valence electrons. The van der Waals surface area contributed by atoms with E-state index in [1.165, 1.54) is 10.4 Å². The van der Waals surface area contributed by atoms with E-state index in [1.807, 2.05) is 18.7 Å². The molecule has 2 atom stereocenters. The Hall–Kier alpha value is -2.18. The normalized spacial score (nSPS) is 23.8. The van der Waals surface area contributed by atoms with Gasteiger partial charge in [-0.2, -0.15) is 0 Å². The first-order chi connectivity index (χ1) is 15.0. The minimum atomic E-state index is -0.598. The van der Waals surface area contributed by atoms with Gasteiger partial charge in [0.1, 0.15) is 6.10 Å². The SMILES string of the molecule is CC(C)NC(=O)[C@]1(Cc2ccc(-c3cccs3)cc2)CCN(C(=O)[C@H]2CCCCO2)C1. The summed E-state index contributed by atoms with van der Waals surface area (Å²) in [5.41, 5.74) is 1.72. The molecule has 31 heavy (non-hydrogen) atoms. The number of carbonyl (C=O) groups excluding carboxylic acids is 2. The molecule has 0 aliphatic carbocycles. The molecule has 2 amide bonds. The molecule has 2 aromatic rings. The van der Waals surface area contributed by atoms with Crippen LogP contribution in [0, 0.1) is 5.41 Å². The lowest BCUT2D eigenvalue weighted by molar-refractivity contribution is -0.146. The molecular weight excluding hydrogens is 408 g/mol. The number of ether oxygens (including phenoxy) is 1. The Labute approximate surface area is 188 Å². The second-order valence-corrected chi connectivity index (χ2v) is 10.1. The van der Waals surface area contributed by atoms with Gasteiger partial charge in [-0.1, -0.05) is 30.3 Å². The molecule has 2 aliphatic rings. The number of hydrogen-bond acceptors (Lipinski definition) is 4. The zero-order valence-electron chi connectivity index (χ0n) is 18.4. The smallest absolute Gasteiger partial charge is 0.251 e. The summed E-state index contributed by atoms with van der Waals surface area (Å²) in [5, 5.41) is 5.19. The Kier molecular flexibility index (Phi) is 6.77. The molecule has 2 aliphatic heterocycles. The first-order valence-corrected chi connectivity index (χ1v) is 12.2. The predicted molar refractivity (Wildman–Crippen MR) is 124 cm³/mol. The molecule has 0 unspecified atom stereocenters. The highest BCUT2D eigenvalue weighted by atomic mass is 32.1. The van der Waals surface area contributed by atoms with Gasteiger partial charge in [0.15, 0.2) is 0 Å². The molecule has 0 radical (unpaired) electrons. The van der Waals surface area contributed by atoms with Crippen molar-refractivity contribution >= 4 is 23.2 Å². The Balaban J connectivity index is 1.51. The molecule has 6 heteroatoms. The Morgan fingerprint density at radius 3 is 2.68 bits per heavy atom. The number of likely N-dealkylation sites (tertiary alicyclic amines) is 1. The van der Waals surface area contributed by atoms with E-state index in [4.69, 9.17) is 4.74 Å². The van der Waals surface area contributed by atoms with Gasteiger partial charge in [-0.3, -0.25) is 9.59 Å². The van der Waals surface area contributed by atoms with Gasteiger partial charge in [0.05, 0.1) is 5.41 Å². The lowest BCUT2D eigenvalue weighted by atomic mass is 9.79. The second kappa shape index (κ2) is 9.53. The molecule has 1 N–H and O–H groups in total. The molecule has 1 aromatic carbocycles. The minimum absolute atomic E-state index is 0.0460. The van der Waals surface area contributed by atoms with Crippen molar-refractivity contribution < 1.29 is 14.3 Å². The highest BCUT2D eigenvalue weighted by Gasteiger charge is 2.47. The zero-order valence-corrected chi connectivity index (χ0v) is 19.2. The summed E-state index contributed by atoms with van der Waals surface area (Å²) in [4.78, 5) is 29.4. The number of amides is 2. The van der Waals surface area contributed by atoms with Crippen LogP contribution in [0.2, 0.25) is 0 Å². The van der Waals surface area contributed by atoms with E-state index in [-0.39, 0.29) is 24.0 Å². The zero-order chi connectivity index (χ0) is 21.8. The van der Waals surface area contributed by atoms with E-state index >= 15 is 0 Å². The van der Waals surface area contributed by atoms with E-state index in [0.717, 1.165) is 24.8 Å². The van der Waals surface area contributed by atoms with Crippen molar-refractivity contribution in [2.24, 2.45) is 5.41 Å². The molecular formula is C25H32N2O3S. The van der Waals surface area contributed by atoms with Gasteiger partial charge in [0.2, 0.25) is 5.91 Å². The summed E-state index contributed by atoms with van der Waals surface area (Å²) in [5.74, 6) is 0.0941. The van der Waals surface area contributed by atoms with Gasteiger partial charge in [-0.15, -0.1) is 11.3 Å². The van der Waals surface area contributed by atoms with Crippen molar-refractivity contribution in [3.8, 4) is 10.4 Å². The molecule has 3 heterocycles. The van der Waals surface area contributed by atoms with Gasteiger partial charge in [0, 0.05) is 30.6 Å². The lowest BCUT2D eigenvalue weighted by Crippen LogP contribution is -2.48. The number of nitrogens with one attached hydrogen (secondary N) is 1. The fourth-order valence-corrected chi connectivity index (χ4v) is 5.38. The van der Waals surface area contributed by atoms with Crippen LogP contribution in [-0.4, -0.2) is 48.6 Å². The van der Waals surface area contributed by atoms with Crippen LogP contribution in [0.4, 0.5) is 0 Å². The van der Waals surface area contributed by atoms with Crippen LogP contribution in [0.15, 0.2) is 41.8 Å². The third kappa shape index (κ3) is 5.01. The lowest BCUT2D eigenvalue weighted by Gasteiger charge is -2.31. The van der Waals surface area contributed by atoms with Crippen molar-refractivity contribution in [1.29, 1.82) is 0 Å². The van der Waals surface area contributed by atoms with Gasteiger partial charge < -0.3 is 15.0 Å². The average Bonchev–Trinajstić information content (AvgIpc) is 3.45. The van der Waals surface area contributed by atoms with E-state index < -0.39 is 5.41 Å². The van der Waals surface area contributed by atoms with Gasteiger partial charge in [0.25, 0.3) is 5.91 Å². The molecule has 0 spiro atoms. The Morgan fingerprint density at radius 2 is 2.03 bits per heavy atom. The molecule has 1 aromatic heterocycles. The number of carbonyl (C=O) groups is 2. The van der Waals surface area contributed by atoms with Crippen molar-refractivity contribution in [1.82, 2.24) is 10.2 Å². The van der Waals surface area contributed by atoms with Gasteiger partial charge in [-0.25, -0.2) is 0 Å². The summed E-state index contributed by atoms with van der Waals surface area (Å²) in [6, 6.07) is 12.7. The number of hydrogen-bond donors (Lipinski definition) is 1. The number of rotatable bonds is 6. The van der Waals surface area contributed by atoms with E-state index in [1.54, 1.807) is 11.3 Å². The average molecular weight is 441 g/mol. The van der Waals surface area contributed by atoms with E-state index in [9.17, 15) is 9.59 Å². The van der Waals surface area contributed by atoms with Crippen molar-refractivity contribution in [2.45, 2.75) is 58.1 Å². The topological polar surface area (TPSA) is 58.6 Å². The third-order valence-corrected chi connectivity index (χ3v) is 7.24. The van der Waals surface area contributed by atoms with Crippen molar-refractivity contribution in [3.63, 3.8) is 0 Å². The summed E-state index contributed by atoms with van der Waals surface area (Å²) in [6.45, 7) is 5.68. The van der Waals surface area contributed by atoms with Crippen LogP contribution in [0.5, 0.6) is 0 Å². The van der Waals surface area contributed by atoms with E-state index in [0.29, 0.717) is 32.5 Å². The van der Waals surface area contributed by atoms with Crippen LogP contribution in [-0.2, 0) is 20.7 Å². The largest absolute Gasteiger partial charge is 0.368 e. The first-order valence-electron chi connectivity index (χ1n) is 11.3. The maximum atomic E-state index is 13.3. The molecule has 0 saturated carbocycles. The Bertz CT molecular complexity index is 888. The van der Waals surface area contributed by atoms with Crippen LogP contribution in [0.1, 0.15) is 45.1 Å². The number of benzene rings is 1. The molecule has 2 fully saturated rings. The molecule has 2 saturated heterocycles. The van der Waals surface area contributed by atoms with Gasteiger partial charge >= 0.3 is 0 Å². The molecule has 0 bridgehead atoms. The second-order valence-electron chi connectivity index (χ2n) is 9.12. The van der Waals surface area contributed by atoms with Crippen LogP contribution in [0.25, 0.3) is 10.4 Å². The summed E-state index contributed by atoms with van der Waals surface area (Å²) >= 11 is 1.72. The van der Waals surface area contributed by atoms with Crippen LogP contribution >= 0.6 is 11.3 Å². The fourth-order valence-electron chi connectivity index (χ4n) is 4.65. The highest BCUT2D eigenvalue weighted by molar-refractivity contribution is 7.13. The Morgan fingerprint density at radius 1 is 1.23 bits per heavy atom. The first kappa shape index (κ1) is 22.0. The number of nitrogens with zero attached hydrogens (tertiary/aromatic N) is 1. The number of thiophene rings is 1. The third-order valence-electron chi connectivity index (χ3n) is 6.32. The maximum Gasteiger partial charge on any atom is 0.251 e. The van der Waals surface area contributed by atoms with E-state index in [2.05, 4.69) is 47.1 Å². The van der Waals surface area contributed by atoms with Gasteiger partial charge in [-0.05, 0) is 68.5 Å².